The van der Waals surface area contributed by atoms with Crippen LogP contribution in [0.2, 0.25) is 0 Å². The van der Waals surface area contributed by atoms with Crippen LogP contribution >= 0.6 is 0 Å². The minimum absolute atomic E-state index is 0.0712. The molecular weight excluding hydrogens is 244 g/mol. The fraction of sp³-hybridized carbons (Fsp3) is 0.429. The summed E-state index contributed by atoms with van der Waals surface area (Å²) >= 11 is 0. The van der Waals surface area contributed by atoms with E-state index in [1.165, 1.54) is 0 Å². The first-order chi connectivity index (χ1) is 9.15. The van der Waals surface area contributed by atoms with Crippen LogP contribution in [0.3, 0.4) is 0 Å². The second-order valence-electron chi connectivity index (χ2n) is 4.70. The van der Waals surface area contributed by atoms with E-state index in [1.807, 2.05) is 18.2 Å². The first-order valence-corrected chi connectivity index (χ1v) is 6.53. The van der Waals surface area contributed by atoms with Crippen molar-refractivity contribution in [1.82, 2.24) is 0 Å². The van der Waals surface area contributed by atoms with Crippen molar-refractivity contribution in [2.45, 2.75) is 32.1 Å². The SMILES string of the molecule is O=C(O)CCCCNc1ccc2c(c1)CCC(=O)N2. The van der Waals surface area contributed by atoms with Crippen molar-refractivity contribution >= 4 is 23.3 Å². The number of hydrogen-bond donors (Lipinski definition) is 3. The van der Waals surface area contributed by atoms with Crippen molar-refractivity contribution in [3.8, 4) is 0 Å². The van der Waals surface area contributed by atoms with E-state index in [0.717, 1.165) is 36.3 Å². The second-order valence-corrected chi connectivity index (χ2v) is 4.70. The molecule has 102 valence electrons. The Bertz CT molecular complexity index is 486. The molecule has 19 heavy (non-hydrogen) atoms. The summed E-state index contributed by atoms with van der Waals surface area (Å²) in [5, 5.41) is 14.6. The van der Waals surface area contributed by atoms with E-state index in [2.05, 4.69) is 10.6 Å². The summed E-state index contributed by atoms with van der Waals surface area (Å²) in [7, 11) is 0. The molecule has 5 nitrogen and oxygen atoms in total. The summed E-state index contributed by atoms with van der Waals surface area (Å²) in [6, 6.07) is 5.89. The van der Waals surface area contributed by atoms with Crippen molar-refractivity contribution in [3.63, 3.8) is 0 Å². The Morgan fingerprint density at radius 2 is 2.16 bits per heavy atom. The molecule has 0 unspecified atom stereocenters. The van der Waals surface area contributed by atoms with E-state index in [0.29, 0.717) is 12.8 Å². The van der Waals surface area contributed by atoms with Crippen LogP contribution in [0.5, 0.6) is 0 Å². The third-order valence-electron chi connectivity index (χ3n) is 3.15. The summed E-state index contributed by atoms with van der Waals surface area (Å²) in [6.45, 7) is 0.762. The molecule has 2 rings (SSSR count). The van der Waals surface area contributed by atoms with E-state index in [1.54, 1.807) is 0 Å². The van der Waals surface area contributed by atoms with Crippen LogP contribution in [0.4, 0.5) is 11.4 Å². The molecule has 0 spiro atoms. The number of unbranched alkanes of at least 4 members (excludes halogenated alkanes) is 1. The number of carbonyl (C=O) groups is 2. The smallest absolute Gasteiger partial charge is 0.303 e. The molecule has 3 N–H and O–H groups in total. The van der Waals surface area contributed by atoms with Crippen molar-refractivity contribution in [3.05, 3.63) is 23.8 Å². The number of carboxylic acids is 1. The average molecular weight is 262 g/mol. The highest BCUT2D eigenvalue weighted by atomic mass is 16.4. The second kappa shape index (κ2) is 6.22. The van der Waals surface area contributed by atoms with Crippen LogP contribution in [-0.4, -0.2) is 23.5 Å². The van der Waals surface area contributed by atoms with Gasteiger partial charge in [-0.3, -0.25) is 9.59 Å². The van der Waals surface area contributed by atoms with Gasteiger partial charge in [0.05, 0.1) is 0 Å². The summed E-state index contributed by atoms with van der Waals surface area (Å²) in [5.74, 6) is -0.675. The summed E-state index contributed by atoms with van der Waals surface area (Å²) in [5.41, 5.74) is 3.06. The van der Waals surface area contributed by atoms with Gasteiger partial charge in [0.15, 0.2) is 0 Å². The van der Waals surface area contributed by atoms with Gasteiger partial charge in [-0.1, -0.05) is 0 Å². The number of carboxylic acid groups (broad SMARTS) is 1. The Labute approximate surface area is 112 Å². The van der Waals surface area contributed by atoms with E-state index >= 15 is 0 Å². The van der Waals surface area contributed by atoms with Crippen molar-refractivity contribution in [2.24, 2.45) is 0 Å². The van der Waals surface area contributed by atoms with Gasteiger partial charge in [-0.15, -0.1) is 0 Å². The molecule has 1 aliphatic rings. The lowest BCUT2D eigenvalue weighted by molar-refractivity contribution is -0.137. The van der Waals surface area contributed by atoms with E-state index < -0.39 is 5.97 Å². The van der Waals surface area contributed by atoms with Gasteiger partial charge in [-0.2, -0.15) is 0 Å². The molecule has 0 aliphatic carbocycles. The number of anilines is 2. The number of carbonyl (C=O) groups excluding carboxylic acids is 1. The van der Waals surface area contributed by atoms with Gasteiger partial charge >= 0.3 is 5.97 Å². The fourth-order valence-corrected chi connectivity index (χ4v) is 2.13. The first-order valence-electron chi connectivity index (χ1n) is 6.53. The number of aliphatic carboxylic acids is 1. The Balaban J connectivity index is 1.82. The first kappa shape index (κ1) is 13.4. The summed E-state index contributed by atoms with van der Waals surface area (Å²) in [4.78, 5) is 21.6. The fourth-order valence-electron chi connectivity index (χ4n) is 2.13. The van der Waals surface area contributed by atoms with E-state index in [9.17, 15) is 9.59 Å². The third kappa shape index (κ3) is 3.98. The lowest BCUT2D eigenvalue weighted by atomic mass is 10.0. The van der Waals surface area contributed by atoms with E-state index in [4.69, 9.17) is 5.11 Å². The Morgan fingerprint density at radius 1 is 1.32 bits per heavy atom. The quantitative estimate of drug-likeness (QED) is 0.687. The van der Waals surface area contributed by atoms with Gasteiger partial charge in [-0.05, 0) is 43.0 Å². The Kier molecular flexibility index (Phi) is 4.39. The molecule has 1 aromatic rings. The van der Waals surface area contributed by atoms with Crippen molar-refractivity contribution < 1.29 is 14.7 Å². The van der Waals surface area contributed by atoms with Crippen LogP contribution in [0, 0.1) is 0 Å². The predicted molar refractivity (Wildman–Crippen MR) is 73.4 cm³/mol. The van der Waals surface area contributed by atoms with Crippen LogP contribution in [-0.2, 0) is 16.0 Å². The highest BCUT2D eigenvalue weighted by Crippen LogP contribution is 2.25. The average Bonchev–Trinajstić information content (AvgIpc) is 2.38. The zero-order valence-electron chi connectivity index (χ0n) is 10.7. The molecular formula is C14H18N2O3. The zero-order valence-corrected chi connectivity index (χ0v) is 10.7. The monoisotopic (exact) mass is 262 g/mol. The highest BCUT2D eigenvalue weighted by molar-refractivity contribution is 5.94. The molecule has 0 aromatic heterocycles. The van der Waals surface area contributed by atoms with Crippen LogP contribution < -0.4 is 10.6 Å². The van der Waals surface area contributed by atoms with Crippen LogP contribution in [0.15, 0.2) is 18.2 Å². The van der Waals surface area contributed by atoms with Crippen LogP contribution in [0.1, 0.15) is 31.2 Å². The van der Waals surface area contributed by atoms with Gasteiger partial charge < -0.3 is 15.7 Å². The third-order valence-corrected chi connectivity index (χ3v) is 3.15. The van der Waals surface area contributed by atoms with Gasteiger partial charge in [-0.25, -0.2) is 0 Å². The molecule has 1 aliphatic heterocycles. The number of rotatable bonds is 6. The Hall–Kier alpha value is -2.04. The summed E-state index contributed by atoms with van der Waals surface area (Å²) in [6.07, 6.45) is 3.05. The molecule has 0 bridgehead atoms. The number of benzene rings is 1. The summed E-state index contributed by atoms with van der Waals surface area (Å²) < 4.78 is 0. The maximum atomic E-state index is 11.2. The number of nitrogens with one attached hydrogen (secondary N) is 2. The van der Waals surface area contributed by atoms with Gasteiger partial charge in [0, 0.05) is 30.8 Å². The van der Waals surface area contributed by atoms with Crippen molar-refractivity contribution in [1.29, 1.82) is 0 Å². The van der Waals surface area contributed by atoms with Gasteiger partial charge in [0.2, 0.25) is 5.91 Å². The van der Waals surface area contributed by atoms with Gasteiger partial charge in [0.25, 0.3) is 0 Å². The number of amides is 1. The number of fused-ring (bicyclic) bond motifs is 1. The zero-order chi connectivity index (χ0) is 13.7. The maximum Gasteiger partial charge on any atom is 0.303 e. The normalized spacial score (nSPS) is 13.6. The lowest BCUT2D eigenvalue weighted by Gasteiger charge is -2.18. The minimum Gasteiger partial charge on any atom is -0.481 e. The Morgan fingerprint density at radius 3 is 2.95 bits per heavy atom. The van der Waals surface area contributed by atoms with Gasteiger partial charge in [0.1, 0.15) is 0 Å². The van der Waals surface area contributed by atoms with E-state index in [-0.39, 0.29) is 12.3 Å². The highest BCUT2D eigenvalue weighted by Gasteiger charge is 2.14. The van der Waals surface area contributed by atoms with Crippen molar-refractivity contribution in [2.75, 3.05) is 17.2 Å². The minimum atomic E-state index is -0.746. The molecule has 0 saturated carbocycles. The molecule has 1 heterocycles. The lowest BCUT2D eigenvalue weighted by Crippen LogP contribution is -2.19. The predicted octanol–water partition coefficient (Wildman–Crippen LogP) is 2.24. The molecule has 1 aromatic carbocycles. The molecule has 5 heteroatoms. The molecule has 0 fully saturated rings. The number of aryl methyl sites for hydroxylation is 1. The maximum absolute atomic E-state index is 11.2. The molecule has 1 amide bonds. The standard InChI is InChI=1S/C14H18N2O3/c17-13-7-4-10-9-11(5-6-12(10)16-13)15-8-2-1-3-14(18)19/h5-6,9,15H,1-4,7-8H2,(H,16,17)(H,18,19). The number of hydrogen-bond acceptors (Lipinski definition) is 3. The van der Waals surface area contributed by atoms with Crippen LogP contribution in [0.25, 0.3) is 0 Å². The molecule has 0 saturated heterocycles. The topological polar surface area (TPSA) is 78.4 Å². The molecule has 0 radical (unpaired) electrons. The largest absolute Gasteiger partial charge is 0.481 e. The molecule has 0 atom stereocenters.